The van der Waals surface area contributed by atoms with Gasteiger partial charge in [0, 0.05) is 0 Å². The van der Waals surface area contributed by atoms with Gasteiger partial charge in [0.2, 0.25) is 0 Å². The SMILES string of the molecule is COC(=O)COc1ccc(/C=C2\SC(=O)N(CCOc3ccccc3OC)C2=O)cc1. The van der Waals surface area contributed by atoms with Crippen LogP contribution in [0.4, 0.5) is 4.79 Å². The molecule has 31 heavy (non-hydrogen) atoms. The maximum atomic E-state index is 12.6. The Kier molecular flexibility index (Phi) is 7.55. The van der Waals surface area contributed by atoms with Gasteiger partial charge in [0.15, 0.2) is 18.1 Å². The van der Waals surface area contributed by atoms with Crippen molar-refractivity contribution in [2.45, 2.75) is 0 Å². The molecule has 0 bridgehead atoms. The van der Waals surface area contributed by atoms with Gasteiger partial charge < -0.3 is 18.9 Å². The van der Waals surface area contributed by atoms with Crippen molar-refractivity contribution >= 4 is 35.0 Å². The fourth-order valence-corrected chi connectivity index (χ4v) is 3.56. The van der Waals surface area contributed by atoms with Crippen LogP contribution in [0.25, 0.3) is 6.08 Å². The summed E-state index contributed by atoms with van der Waals surface area (Å²) >= 11 is 0.878. The lowest BCUT2D eigenvalue weighted by Crippen LogP contribution is -2.32. The van der Waals surface area contributed by atoms with E-state index in [4.69, 9.17) is 14.2 Å². The van der Waals surface area contributed by atoms with Crippen molar-refractivity contribution in [3.05, 3.63) is 59.0 Å². The number of amides is 2. The fraction of sp³-hybridized carbons (Fsp3) is 0.227. The van der Waals surface area contributed by atoms with Gasteiger partial charge in [0.25, 0.3) is 11.1 Å². The highest BCUT2D eigenvalue weighted by atomic mass is 32.2. The van der Waals surface area contributed by atoms with Gasteiger partial charge in [-0.05, 0) is 47.7 Å². The zero-order chi connectivity index (χ0) is 22.2. The van der Waals surface area contributed by atoms with E-state index in [0.29, 0.717) is 22.2 Å². The van der Waals surface area contributed by atoms with Crippen molar-refractivity contribution in [1.82, 2.24) is 4.90 Å². The number of hydrogen-bond donors (Lipinski definition) is 0. The summed E-state index contributed by atoms with van der Waals surface area (Å²) in [7, 11) is 2.83. The quantitative estimate of drug-likeness (QED) is 0.430. The number of methoxy groups -OCH3 is 2. The molecule has 0 unspecified atom stereocenters. The van der Waals surface area contributed by atoms with Crippen LogP contribution in [0.15, 0.2) is 53.4 Å². The first kappa shape index (κ1) is 22.2. The maximum absolute atomic E-state index is 12.6. The van der Waals surface area contributed by atoms with Gasteiger partial charge in [-0.25, -0.2) is 4.79 Å². The Morgan fingerprint density at radius 2 is 1.71 bits per heavy atom. The number of para-hydroxylation sites is 2. The first-order valence-electron chi connectivity index (χ1n) is 9.32. The number of esters is 1. The van der Waals surface area contributed by atoms with Gasteiger partial charge in [-0.15, -0.1) is 0 Å². The average Bonchev–Trinajstić information content (AvgIpc) is 3.06. The Balaban J connectivity index is 1.57. The van der Waals surface area contributed by atoms with E-state index in [1.165, 1.54) is 7.11 Å². The van der Waals surface area contributed by atoms with E-state index in [9.17, 15) is 14.4 Å². The van der Waals surface area contributed by atoms with Crippen LogP contribution in [0, 0.1) is 0 Å². The van der Waals surface area contributed by atoms with Crippen LogP contribution >= 0.6 is 11.8 Å². The van der Waals surface area contributed by atoms with E-state index in [1.807, 2.05) is 12.1 Å². The Bertz CT molecular complexity index is 988. The lowest BCUT2D eigenvalue weighted by atomic mass is 10.2. The van der Waals surface area contributed by atoms with Crippen molar-refractivity contribution in [3.8, 4) is 17.2 Å². The molecule has 1 aliphatic rings. The number of imide groups is 1. The standard InChI is InChI=1S/C22H21NO7S/c1-27-17-5-3-4-6-18(17)29-12-11-23-21(25)19(31-22(23)26)13-15-7-9-16(10-8-15)30-14-20(24)28-2/h3-10,13H,11-12,14H2,1-2H3/b19-13-. The lowest BCUT2D eigenvalue weighted by Gasteiger charge is -2.14. The van der Waals surface area contributed by atoms with Crippen molar-refractivity contribution in [2.75, 3.05) is 34.0 Å². The number of nitrogens with zero attached hydrogens (tertiary/aromatic N) is 1. The van der Waals surface area contributed by atoms with Gasteiger partial charge in [-0.2, -0.15) is 0 Å². The van der Waals surface area contributed by atoms with E-state index < -0.39 is 5.97 Å². The second-order valence-corrected chi connectivity index (χ2v) is 7.26. The van der Waals surface area contributed by atoms with Crippen LogP contribution in [0.5, 0.6) is 17.2 Å². The Morgan fingerprint density at radius 3 is 2.39 bits per heavy atom. The summed E-state index contributed by atoms with van der Waals surface area (Å²) in [5.74, 6) is 0.763. The summed E-state index contributed by atoms with van der Waals surface area (Å²) in [4.78, 5) is 37.5. The molecular weight excluding hydrogens is 422 g/mol. The van der Waals surface area contributed by atoms with E-state index >= 15 is 0 Å². The molecule has 0 atom stereocenters. The second-order valence-electron chi connectivity index (χ2n) is 6.27. The fourth-order valence-electron chi connectivity index (χ4n) is 2.69. The number of ether oxygens (including phenoxy) is 4. The van der Waals surface area contributed by atoms with Crippen LogP contribution in [-0.4, -0.2) is 56.0 Å². The Morgan fingerprint density at radius 1 is 1.00 bits per heavy atom. The number of hydrogen-bond acceptors (Lipinski definition) is 8. The van der Waals surface area contributed by atoms with Crippen LogP contribution in [0.2, 0.25) is 0 Å². The van der Waals surface area contributed by atoms with Crippen molar-refractivity contribution in [3.63, 3.8) is 0 Å². The molecule has 0 radical (unpaired) electrons. The molecule has 3 rings (SSSR count). The topological polar surface area (TPSA) is 91.4 Å². The molecule has 0 spiro atoms. The molecule has 0 aromatic heterocycles. The summed E-state index contributed by atoms with van der Waals surface area (Å²) in [6, 6.07) is 13.9. The largest absolute Gasteiger partial charge is 0.493 e. The third-order valence-corrected chi connectivity index (χ3v) is 5.18. The molecule has 9 heteroatoms. The van der Waals surface area contributed by atoms with Gasteiger partial charge >= 0.3 is 5.97 Å². The van der Waals surface area contributed by atoms with Crippen molar-refractivity contribution in [1.29, 1.82) is 0 Å². The smallest absolute Gasteiger partial charge is 0.343 e. The molecule has 2 amide bonds. The highest BCUT2D eigenvalue weighted by Gasteiger charge is 2.34. The minimum absolute atomic E-state index is 0.125. The minimum atomic E-state index is -0.479. The highest BCUT2D eigenvalue weighted by Crippen LogP contribution is 2.32. The van der Waals surface area contributed by atoms with Crippen LogP contribution in [0.1, 0.15) is 5.56 Å². The van der Waals surface area contributed by atoms with E-state index in [2.05, 4.69) is 4.74 Å². The average molecular weight is 443 g/mol. The molecule has 1 heterocycles. The third-order valence-electron chi connectivity index (χ3n) is 4.28. The first-order valence-corrected chi connectivity index (χ1v) is 10.1. The molecule has 8 nitrogen and oxygen atoms in total. The van der Waals surface area contributed by atoms with Crippen molar-refractivity contribution < 1.29 is 33.3 Å². The number of rotatable bonds is 9. The summed E-state index contributed by atoms with van der Waals surface area (Å²) in [6.07, 6.45) is 1.63. The molecule has 2 aromatic carbocycles. The van der Waals surface area contributed by atoms with Gasteiger partial charge in [-0.1, -0.05) is 24.3 Å². The molecule has 1 aliphatic heterocycles. The number of benzene rings is 2. The molecule has 1 fully saturated rings. The Labute approximate surface area is 183 Å². The normalized spacial score (nSPS) is 14.6. The monoisotopic (exact) mass is 443 g/mol. The predicted molar refractivity (Wildman–Crippen MR) is 115 cm³/mol. The van der Waals surface area contributed by atoms with Gasteiger partial charge in [-0.3, -0.25) is 14.5 Å². The predicted octanol–water partition coefficient (Wildman–Crippen LogP) is 3.36. The molecule has 2 aromatic rings. The summed E-state index contributed by atoms with van der Waals surface area (Å²) in [6.45, 7) is 0.0872. The van der Waals surface area contributed by atoms with Crippen molar-refractivity contribution in [2.24, 2.45) is 0 Å². The minimum Gasteiger partial charge on any atom is -0.493 e. The molecular formula is C22H21NO7S. The van der Waals surface area contributed by atoms with Crippen LogP contribution < -0.4 is 14.2 Å². The summed E-state index contributed by atoms with van der Waals surface area (Å²) in [5.41, 5.74) is 0.723. The second kappa shape index (κ2) is 10.5. The lowest BCUT2D eigenvalue weighted by molar-refractivity contribution is -0.142. The zero-order valence-electron chi connectivity index (χ0n) is 17.0. The van der Waals surface area contributed by atoms with Gasteiger partial charge in [0.05, 0.1) is 25.7 Å². The van der Waals surface area contributed by atoms with E-state index in [0.717, 1.165) is 22.2 Å². The molecule has 0 saturated carbocycles. The van der Waals surface area contributed by atoms with Gasteiger partial charge in [0.1, 0.15) is 12.4 Å². The molecule has 162 valence electrons. The molecule has 0 aliphatic carbocycles. The van der Waals surface area contributed by atoms with Crippen LogP contribution in [0.3, 0.4) is 0 Å². The van der Waals surface area contributed by atoms with Crippen LogP contribution in [-0.2, 0) is 14.3 Å². The number of carbonyl (C=O) groups is 3. The number of carbonyl (C=O) groups excluding carboxylic acids is 3. The third kappa shape index (κ3) is 5.79. The van der Waals surface area contributed by atoms with E-state index in [1.54, 1.807) is 49.6 Å². The summed E-state index contributed by atoms with van der Waals surface area (Å²) in [5, 5.41) is -0.349. The molecule has 0 N–H and O–H groups in total. The first-order chi connectivity index (χ1) is 15.0. The Hall–Kier alpha value is -3.46. The maximum Gasteiger partial charge on any atom is 0.343 e. The highest BCUT2D eigenvalue weighted by molar-refractivity contribution is 8.18. The van der Waals surface area contributed by atoms with E-state index in [-0.39, 0.29) is 30.9 Å². The number of thioether (sulfide) groups is 1. The zero-order valence-corrected chi connectivity index (χ0v) is 17.8. The summed E-state index contributed by atoms with van der Waals surface area (Å²) < 4.78 is 20.7. The molecule has 1 saturated heterocycles.